The van der Waals surface area contributed by atoms with Crippen molar-refractivity contribution in [2.75, 3.05) is 12.4 Å². The van der Waals surface area contributed by atoms with Crippen molar-refractivity contribution in [1.82, 2.24) is 9.97 Å². The zero-order chi connectivity index (χ0) is 14.0. The lowest BCUT2D eigenvalue weighted by molar-refractivity contribution is -0.144. The van der Waals surface area contributed by atoms with Crippen LogP contribution in [0.2, 0.25) is 0 Å². The van der Waals surface area contributed by atoms with E-state index in [1.54, 1.807) is 24.3 Å². The minimum absolute atomic E-state index is 0.125. The largest absolute Gasteiger partial charge is 0.451 e. The summed E-state index contributed by atoms with van der Waals surface area (Å²) in [4.78, 5) is 6.97. The first kappa shape index (κ1) is 13.8. The Bertz CT molecular complexity index is 582. The van der Waals surface area contributed by atoms with Crippen molar-refractivity contribution in [3.05, 3.63) is 40.6 Å². The molecular weight excluding hydrogens is 323 g/mol. The Morgan fingerprint density at radius 2 is 1.74 bits per heavy atom. The van der Waals surface area contributed by atoms with E-state index in [-0.39, 0.29) is 11.5 Å². The van der Waals surface area contributed by atoms with Crippen LogP contribution in [0.15, 0.2) is 34.8 Å². The standard InChI is InChI=1S/C12H9BrF3N3/c1-17-10-6-9(7-2-4-8(13)5-3-7)18-11(19-10)12(14,15)16/h2-6H,1H3,(H,17,18,19). The molecule has 0 amide bonds. The second kappa shape index (κ2) is 5.16. The van der Waals surface area contributed by atoms with Crippen molar-refractivity contribution in [1.29, 1.82) is 0 Å². The van der Waals surface area contributed by atoms with E-state index in [0.717, 1.165) is 4.47 Å². The predicted octanol–water partition coefficient (Wildman–Crippen LogP) is 3.97. The summed E-state index contributed by atoms with van der Waals surface area (Å²) < 4.78 is 39.0. The molecule has 0 aliphatic rings. The first-order chi connectivity index (χ1) is 8.90. The van der Waals surface area contributed by atoms with Crippen molar-refractivity contribution in [2.24, 2.45) is 0 Å². The second-order valence-corrected chi connectivity index (χ2v) is 4.63. The van der Waals surface area contributed by atoms with Crippen LogP contribution in [-0.4, -0.2) is 17.0 Å². The Labute approximate surface area is 116 Å². The average Bonchev–Trinajstić information content (AvgIpc) is 2.38. The molecule has 0 fully saturated rings. The van der Waals surface area contributed by atoms with Crippen molar-refractivity contribution >= 4 is 21.7 Å². The lowest BCUT2D eigenvalue weighted by Gasteiger charge is -2.10. The number of nitrogens with zero attached hydrogens (tertiary/aromatic N) is 2. The van der Waals surface area contributed by atoms with Crippen LogP contribution in [0, 0.1) is 0 Å². The number of hydrogen-bond donors (Lipinski definition) is 1. The van der Waals surface area contributed by atoms with E-state index in [2.05, 4.69) is 31.2 Å². The number of aromatic nitrogens is 2. The first-order valence-corrected chi connectivity index (χ1v) is 6.09. The molecule has 7 heteroatoms. The maximum atomic E-state index is 12.7. The van der Waals surface area contributed by atoms with E-state index in [1.807, 2.05) is 0 Å². The van der Waals surface area contributed by atoms with Gasteiger partial charge < -0.3 is 5.32 Å². The fourth-order valence-corrected chi connectivity index (χ4v) is 1.73. The van der Waals surface area contributed by atoms with Gasteiger partial charge in [0.1, 0.15) is 5.82 Å². The number of anilines is 1. The zero-order valence-corrected chi connectivity index (χ0v) is 11.4. The van der Waals surface area contributed by atoms with E-state index in [1.165, 1.54) is 13.1 Å². The Balaban J connectivity index is 2.54. The lowest BCUT2D eigenvalue weighted by atomic mass is 10.1. The van der Waals surface area contributed by atoms with Gasteiger partial charge in [0.05, 0.1) is 5.69 Å². The van der Waals surface area contributed by atoms with Crippen molar-refractivity contribution in [3.8, 4) is 11.3 Å². The molecular formula is C12H9BrF3N3. The Morgan fingerprint density at radius 1 is 1.11 bits per heavy atom. The van der Waals surface area contributed by atoms with Gasteiger partial charge in [-0.3, -0.25) is 0 Å². The number of benzene rings is 1. The summed E-state index contributed by atoms with van der Waals surface area (Å²) in [5, 5.41) is 2.60. The third kappa shape index (κ3) is 3.23. The molecule has 1 aromatic carbocycles. The van der Waals surface area contributed by atoms with Crippen LogP contribution < -0.4 is 5.32 Å². The average molecular weight is 332 g/mol. The molecule has 0 aliphatic heterocycles. The van der Waals surface area contributed by atoms with Crippen LogP contribution in [0.25, 0.3) is 11.3 Å². The van der Waals surface area contributed by atoms with Crippen LogP contribution in [0.4, 0.5) is 19.0 Å². The minimum atomic E-state index is -4.57. The van der Waals surface area contributed by atoms with Crippen LogP contribution in [0.5, 0.6) is 0 Å². The molecule has 0 radical (unpaired) electrons. The molecule has 3 nitrogen and oxygen atoms in total. The van der Waals surface area contributed by atoms with Gasteiger partial charge >= 0.3 is 6.18 Å². The number of nitrogens with one attached hydrogen (secondary N) is 1. The molecule has 100 valence electrons. The second-order valence-electron chi connectivity index (χ2n) is 3.72. The summed E-state index contributed by atoms with van der Waals surface area (Å²) in [5.41, 5.74) is 0.812. The van der Waals surface area contributed by atoms with E-state index in [9.17, 15) is 13.2 Å². The molecule has 1 heterocycles. The van der Waals surface area contributed by atoms with Crippen molar-refractivity contribution < 1.29 is 13.2 Å². The molecule has 0 atom stereocenters. The molecule has 2 rings (SSSR count). The predicted molar refractivity (Wildman–Crippen MR) is 69.7 cm³/mol. The summed E-state index contributed by atoms with van der Waals surface area (Å²) >= 11 is 3.27. The normalized spacial score (nSPS) is 11.4. The summed E-state index contributed by atoms with van der Waals surface area (Å²) in [6.07, 6.45) is -4.57. The summed E-state index contributed by atoms with van der Waals surface area (Å²) in [6, 6.07) is 8.32. The fraction of sp³-hybridized carbons (Fsp3) is 0.167. The van der Waals surface area contributed by atoms with Gasteiger partial charge in [-0.2, -0.15) is 13.2 Å². The van der Waals surface area contributed by atoms with Gasteiger partial charge in [0.25, 0.3) is 0 Å². The quantitative estimate of drug-likeness (QED) is 0.904. The number of hydrogen-bond acceptors (Lipinski definition) is 3. The maximum Gasteiger partial charge on any atom is 0.451 e. The molecule has 0 unspecified atom stereocenters. The van der Waals surface area contributed by atoms with E-state index in [4.69, 9.17) is 0 Å². The van der Waals surface area contributed by atoms with E-state index < -0.39 is 12.0 Å². The third-order valence-corrected chi connectivity index (χ3v) is 2.90. The highest BCUT2D eigenvalue weighted by atomic mass is 79.9. The zero-order valence-electron chi connectivity index (χ0n) is 9.79. The van der Waals surface area contributed by atoms with Crippen molar-refractivity contribution in [3.63, 3.8) is 0 Å². The molecule has 0 bridgehead atoms. The van der Waals surface area contributed by atoms with E-state index >= 15 is 0 Å². The van der Waals surface area contributed by atoms with Gasteiger partial charge in [-0.05, 0) is 12.1 Å². The van der Waals surface area contributed by atoms with E-state index in [0.29, 0.717) is 5.56 Å². The fourth-order valence-electron chi connectivity index (χ4n) is 1.47. The van der Waals surface area contributed by atoms with Gasteiger partial charge in [-0.15, -0.1) is 0 Å². The third-order valence-electron chi connectivity index (χ3n) is 2.38. The maximum absolute atomic E-state index is 12.7. The molecule has 1 N–H and O–H groups in total. The number of alkyl halides is 3. The van der Waals surface area contributed by atoms with Crippen LogP contribution >= 0.6 is 15.9 Å². The van der Waals surface area contributed by atoms with Crippen LogP contribution in [0.3, 0.4) is 0 Å². The van der Waals surface area contributed by atoms with Crippen LogP contribution in [-0.2, 0) is 6.18 Å². The minimum Gasteiger partial charge on any atom is -0.373 e. The molecule has 0 saturated carbocycles. The smallest absolute Gasteiger partial charge is 0.373 e. The summed E-state index contributed by atoms with van der Waals surface area (Å²) in [5.74, 6) is -1.03. The highest BCUT2D eigenvalue weighted by Crippen LogP contribution is 2.30. The topological polar surface area (TPSA) is 37.8 Å². The number of halogens is 4. The van der Waals surface area contributed by atoms with Crippen molar-refractivity contribution in [2.45, 2.75) is 6.18 Å². The highest BCUT2D eigenvalue weighted by molar-refractivity contribution is 9.10. The van der Waals surface area contributed by atoms with Gasteiger partial charge in [0.2, 0.25) is 5.82 Å². The Kier molecular flexibility index (Phi) is 3.75. The first-order valence-electron chi connectivity index (χ1n) is 5.30. The number of rotatable bonds is 2. The molecule has 0 aliphatic carbocycles. The molecule has 2 aromatic rings. The SMILES string of the molecule is CNc1cc(-c2ccc(Br)cc2)nc(C(F)(F)F)n1. The van der Waals surface area contributed by atoms with Gasteiger partial charge in [-0.25, -0.2) is 9.97 Å². The molecule has 0 saturated heterocycles. The van der Waals surface area contributed by atoms with Gasteiger partial charge in [0, 0.05) is 23.2 Å². The summed E-state index contributed by atoms with van der Waals surface area (Å²) in [6.45, 7) is 0. The lowest BCUT2D eigenvalue weighted by Crippen LogP contribution is -2.13. The van der Waals surface area contributed by atoms with Crippen LogP contribution in [0.1, 0.15) is 5.82 Å². The van der Waals surface area contributed by atoms with Gasteiger partial charge in [-0.1, -0.05) is 28.1 Å². The summed E-state index contributed by atoms with van der Waals surface area (Å²) in [7, 11) is 1.51. The molecule has 1 aromatic heterocycles. The monoisotopic (exact) mass is 331 g/mol. The Morgan fingerprint density at radius 3 is 2.26 bits per heavy atom. The Hall–Kier alpha value is -1.63. The van der Waals surface area contributed by atoms with Gasteiger partial charge in [0.15, 0.2) is 0 Å². The molecule has 0 spiro atoms. The molecule has 19 heavy (non-hydrogen) atoms. The highest BCUT2D eigenvalue weighted by Gasteiger charge is 2.35.